The second-order valence-corrected chi connectivity index (χ2v) is 5.89. The van der Waals surface area contributed by atoms with Gasteiger partial charge in [0, 0.05) is 29.9 Å². The number of nitrogens with zero attached hydrogens (tertiary/aromatic N) is 2. The van der Waals surface area contributed by atoms with Gasteiger partial charge in [-0.05, 0) is 63.8 Å². The van der Waals surface area contributed by atoms with Crippen LogP contribution in [0, 0.1) is 26.7 Å². The first-order valence-electron chi connectivity index (χ1n) is 6.76. The molecule has 0 radical (unpaired) electrons. The van der Waals surface area contributed by atoms with Gasteiger partial charge in [-0.3, -0.25) is 9.88 Å². The van der Waals surface area contributed by atoms with E-state index in [1.807, 2.05) is 0 Å². The Hall–Kier alpha value is -0.890. The summed E-state index contributed by atoms with van der Waals surface area (Å²) in [5.74, 6) is 1.59. The van der Waals surface area contributed by atoms with Gasteiger partial charge < -0.3 is 0 Å². The molecule has 17 heavy (non-hydrogen) atoms. The first kappa shape index (κ1) is 11.2. The van der Waals surface area contributed by atoms with E-state index in [1.54, 1.807) is 0 Å². The van der Waals surface area contributed by atoms with Crippen LogP contribution in [-0.4, -0.2) is 29.0 Å². The Bertz CT molecular complexity index is 427. The van der Waals surface area contributed by atoms with Crippen molar-refractivity contribution in [2.45, 2.75) is 46.1 Å². The van der Waals surface area contributed by atoms with E-state index in [-0.39, 0.29) is 0 Å². The topological polar surface area (TPSA) is 16.1 Å². The fourth-order valence-electron chi connectivity index (χ4n) is 4.11. The molecular formula is C15H22N2. The molecule has 4 unspecified atom stereocenters. The van der Waals surface area contributed by atoms with Crippen LogP contribution < -0.4 is 0 Å². The third-order valence-electron chi connectivity index (χ3n) is 4.78. The average molecular weight is 230 g/mol. The van der Waals surface area contributed by atoms with E-state index >= 15 is 0 Å². The lowest BCUT2D eigenvalue weighted by Gasteiger charge is -2.31. The SMILES string of the molecule is Cc1cc(C)c(C2C3CCN(C3)C2C)c(C)n1. The summed E-state index contributed by atoms with van der Waals surface area (Å²) in [6.45, 7) is 11.5. The third-order valence-corrected chi connectivity index (χ3v) is 4.78. The Morgan fingerprint density at radius 3 is 2.65 bits per heavy atom. The van der Waals surface area contributed by atoms with Gasteiger partial charge in [-0.2, -0.15) is 0 Å². The minimum absolute atomic E-state index is 0.704. The summed E-state index contributed by atoms with van der Waals surface area (Å²) in [7, 11) is 0. The summed E-state index contributed by atoms with van der Waals surface area (Å²) >= 11 is 0. The first-order chi connectivity index (χ1) is 8.08. The molecule has 2 heteroatoms. The number of hydrogen-bond acceptors (Lipinski definition) is 2. The van der Waals surface area contributed by atoms with Gasteiger partial charge in [0.1, 0.15) is 0 Å². The Morgan fingerprint density at radius 1 is 1.29 bits per heavy atom. The van der Waals surface area contributed by atoms with Crippen molar-refractivity contribution < 1.29 is 0 Å². The molecule has 0 aliphatic carbocycles. The number of pyridine rings is 1. The lowest BCUT2D eigenvalue weighted by molar-refractivity contribution is 0.255. The van der Waals surface area contributed by atoms with Crippen LogP contribution in [0.4, 0.5) is 0 Å². The maximum atomic E-state index is 4.68. The predicted octanol–water partition coefficient (Wildman–Crippen LogP) is 2.81. The number of aromatic nitrogens is 1. The van der Waals surface area contributed by atoms with E-state index in [0.29, 0.717) is 6.04 Å². The molecule has 0 aromatic carbocycles. The van der Waals surface area contributed by atoms with Crippen LogP contribution in [0.3, 0.4) is 0 Å². The predicted molar refractivity (Wildman–Crippen MR) is 70.3 cm³/mol. The van der Waals surface area contributed by atoms with Gasteiger partial charge in [0.2, 0.25) is 0 Å². The van der Waals surface area contributed by atoms with Gasteiger partial charge in [-0.25, -0.2) is 0 Å². The molecule has 1 aromatic heterocycles. The quantitative estimate of drug-likeness (QED) is 0.737. The number of hydrogen-bond donors (Lipinski definition) is 0. The van der Waals surface area contributed by atoms with Gasteiger partial charge in [0.05, 0.1) is 0 Å². The normalized spacial score (nSPS) is 35.5. The molecule has 0 N–H and O–H groups in total. The minimum Gasteiger partial charge on any atom is -0.300 e. The van der Waals surface area contributed by atoms with Crippen molar-refractivity contribution in [1.82, 2.24) is 9.88 Å². The average Bonchev–Trinajstić information content (AvgIpc) is 2.79. The number of rotatable bonds is 1. The van der Waals surface area contributed by atoms with Gasteiger partial charge in [-0.15, -0.1) is 0 Å². The molecule has 2 aliphatic rings. The zero-order chi connectivity index (χ0) is 12.2. The summed E-state index contributed by atoms with van der Waals surface area (Å²) in [5.41, 5.74) is 5.39. The number of piperidine rings is 1. The van der Waals surface area contributed by atoms with Gasteiger partial charge in [-0.1, -0.05) is 0 Å². The third kappa shape index (κ3) is 1.61. The molecule has 2 bridgehead atoms. The zero-order valence-electron chi connectivity index (χ0n) is 11.3. The highest BCUT2D eigenvalue weighted by molar-refractivity contribution is 5.37. The maximum absolute atomic E-state index is 4.68. The summed E-state index contributed by atoms with van der Waals surface area (Å²) in [4.78, 5) is 7.33. The smallest absolute Gasteiger partial charge is 0.0413 e. The molecule has 3 heterocycles. The Balaban J connectivity index is 2.05. The molecule has 92 valence electrons. The summed E-state index contributed by atoms with van der Waals surface area (Å²) in [6.07, 6.45) is 1.38. The molecule has 2 saturated heterocycles. The van der Waals surface area contributed by atoms with E-state index in [1.165, 1.54) is 36.3 Å². The maximum Gasteiger partial charge on any atom is 0.0413 e. The molecular weight excluding hydrogens is 208 g/mol. The van der Waals surface area contributed by atoms with E-state index in [9.17, 15) is 0 Å². The van der Waals surface area contributed by atoms with Gasteiger partial charge in [0.25, 0.3) is 0 Å². The molecule has 0 spiro atoms. The molecule has 4 atom stereocenters. The molecule has 0 amide bonds. The van der Waals surface area contributed by atoms with Gasteiger partial charge in [0.15, 0.2) is 0 Å². The van der Waals surface area contributed by atoms with E-state index in [0.717, 1.165) is 17.5 Å². The van der Waals surface area contributed by atoms with Crippen molar-refractivity contribution in [3.8, 4) is 0 Å². The van der Waals surface area contributed by atoms with E-state index in [2.05, 4.69) is 43.6 Å². The number of aryl methyl sites for hydroxylation is 3. The van der Waals surface area contributed by atoms with Crippen LogP contribution in [0.2, 0.25) is 0 Å². The summed E-state index contributed by atoms with van der Waals surface area (Å²) < 4.78 is 0. The minimum atomic E-state index is 0.704. The molecule has 2 aliphatic heterocycles. The van der Waals surface area contributed by atoms with Crippen molar-refractivity contribution in [3.63, 3.8) is 0 Å². The zero-order valence-corrected chi connectivity index (χ0v) is 11.3. The molecule has 2 nitrogen and oxygen atoms in total. The van der Waals surface area contributed by atoms with Crippen LogP contribution in [0.25, 0.3) is 0 Å². The van der Waals surface area contributed by atoms with Crippen LogP contribution in [0.5, 0.6) is 0 Å². The van der Waals surface area contributed by atoms with Crippen molar-refractivity contribution in [3.05, 3.63) is 28.6 Å². The molecule has 0 saturated carbocycles. The number of fused-ring (bicyclic) bond motifs is 2. The standard InChI is InChI=1S/C15H22N2/c1-9-7-10(2)16-11(3)14(9)15-12(4)17-6-5-13(15)8-17/h7,12-13,15H,5-6,8H2,1-4H3. The van der Waals surface area contributed by atoms with Crippen LogP contribution in [0.1, 0.15) is 41.8 Å². The molecule has 2 fully saturated rings. The highest BCUT2D eigenvalue weighted by Gasteiger charge is 2.45. The highest BCUT2D eigenvalue weighted by atomic mass is 15.2. The Kier molecular flexibility index (Phi) is 2.51. The van der Waals surface area contributed by atoms with Gasteiger partial charge >= 0.3 is 0 Å². The van der Waals surface area contributed by atoms with Crippen molar-refractivity contribution in [2.24, 2.45) is 5.92 Å². The Morgan fingerprint density at radius 2 is 2.06 bits per heavy atom. The highest BCUT2D eigenvalue weighted by Crippen LogP contribution is 2.45. The van der Waals surface area contributed by atoms with Crippen LogP contribution in [-0.2, 0) is 0 Å². The summed E-state index contributed by atoms with van der Waals surface area (Å²) in [6, 6.07) is 2.95. The largest absolute Gasteiger partial charge is 0.300 e. The fraction of sp³-hybridized carbons (Fsp3) is 0.667. The molecule has 3 rings (SSSR count). The van der Waals surface area contributed by atoms with E-state index < -0.39 is 0 Å². The van der Waals surface area contributed by atoms with Crippen LogP contribution in [0.15, 0.2) is 6.07 Å². The second-order valence-electron chi connectivity index (χ2n) is 5.89. The summed E-state index contributed by atoms with van der Waals surface area (Å²) in [5, 5.41) is 0. The van der Waals surface area contributed by atoms with Crippen molar-refractivity contribution >= 4 is 0 Å². The van der Waals surface area contributed by atoms with E-state index in [4.69, 9.17) is 0 Å². The van der Waals surface area contributed by atoms with Crippen LogP contribution >= 0.6 is 0 Å². The van der Waals surface area contributed by atoms with Crippen molar-refractivity contribution in [1.29, 1.82) is 0 Å². The first-order valence-corrected chi connectivity index (χ1v) is 6.76. The monoisotopic (exact) mass is 230 g/mol. The lowest BCUT2D eigenvalue weighted by Crippen LogP contribution is -2.32. The molecule has 1 aromatic rings. The Labute approximate surface area is 104 Å². The lowest BCUT2D eigenvalue weighted by atomic mass is 9.79. The van der Waals surface area contributed by atoms with Crippen molar-refractivity contribution in [2.75, 3.05) is 13.1 Å². The second kappa shape index (κ2) is 3.81. The fourth-order valence-corrected chi connectivity index (χ4v) is 4.11.